The van der Waals surface area contributed by atoms with E-state index in [1.54, 1.807) is 17.0 Å². The van der Waals surface area contributed by atoms with Gasteiger partial charge < -0.3 is 10.2 Å². The van der Waals surface area contributed by atoms with Crippen molar-refractivity contribution in [2.24, 2.45) is 0 Å². The average Bonchev–Trinajstić information content (AvgIpc) is 2.84. The van der Waals surface area contributed by atoms with Crippen LogP contribution in [0.3, 0.4) is 0 Å². The predicted molar refractivity (Wildman–Crippen MR) is 82.7 cm³/mol. The normalized spacial score (nSPS) is 18.5. The number of rotatable bonds is 7. The van der Waals surface area contributed by atoms with Gasteiger partial charge >= 0.3 is 6.18 Å². The molecule has 0 saturated carbocycles. The van der Waals surface area contributed by atoms with Crippen LogP contribution in [0.4, 0.5) is 13.2 Å². The molecule has 0 unspecified atom stereocenters. The number of likely N-dealkylation sites (tertiary alicyclic amines) is 1. The van der Waals surface area contributed by atoms with Gasteiger partial charge in [-0.15, -0.1) is 6.58 Å². The Kier molecular flexibility index (Phi) is 5.82. The van der Waals surface area contributed by atoms with Gasteiger partial charge in [-0.1, -0.05) is 24.3 Å². The summed E-state index contributed by atoms with van der Waals surface area (Å²) in [6, 6.07) is 5.44. The number of benzene rings is 1. The number of carbonyl (C=O) groups is 1. The number of nitrogens with zero attached hydrogens (tertiary/aromatic N) is 1. The van der Waals surface area contributed by atoms with E-state index in [1.165, 1.54) is 12.1 Å². The fourth-order valence-corrected chi connectivity index (χ4v) is 2.90. The lowest BCUT2D eigenvalue weighted by Gasteiger charge is -2.26. The first-order chi connectivity index (χ1) is 10.9. The molecule has 1 saturated heterocycles. The highest BCUT2D eigenvalue weighted by Crippen LogP contribution is 2.33. The molecule has 3 nitrogen and oxygen atoms in total. The van der Waals surface area contributed by atoms with Gasteiger partial charge in [-0.05, 0) is 31.0 Å². The van der Waals surface area contributed by atoms with Crippen LogP contribution in [-0.2, 0) is 17.5 Å². The molecule has 0 aromatic heterocycles. The molecule has 1 aromatic carbocycles. The average molecular weight is 326 g/mol. The lowest BCUT2D eigenvalue weighted by molar-refractivity contribution is -0.139. The summed E-state index contributed by atoms with van der Waals surface area (Å²) in [5.74, 6) is -0.0734. The van der Waals surface area contributed by atoms with Crippen molar-refractivity contribution in [1.82, 2.24) is 10.2 Å². The van der Waals surface area contributed by atoms with Crippen molar-refractivity contribution < 1.29 is 18.0 Å². The van der Waals surface area contributed by atoms with Gasteiger partial charge in [0.25, 0.3) is 0 Å². The zero-order chi connectivity index (χ0) is 16.9. The van der Waals surface area contributed by atoms with E-state index in [4.69, 9.17) is 0 Å². The highest BCUT2D eigenvalue weighted by molar-refractivity contribution is 5.78. The maximum atomic E-state index is 13.1. The SMILES string of the molecule is C=CCNCC[C@H]1CCC(=O)N1Cc1ccccc1C(F)(F)F. The van der Waals surface area contributed by atoms with Crippen LogP contribution in [0.25, 0.3) is 0 Å². The number of nitrogens with one attached hydrogen (secondary N) is 1. The van der Waals surface area contributed by atoms with Crippen molar-refractivity contribution in [2.45, 2.75) is 38.0 Å². The van der Waals surface area contributed by atoms with Crippen LogP contribution < -0.4 is 5.32 Å². The van der Waals surface area contributed by atoms with Gasteiger partial charge in [-0.25, -0.2) is 0 Å². The summed E-state index contributed by atoms with van der Waals surface area (Å²) < 4.78 is 39.2. The first-order valence-electron chi connectivity index (χ1n) is 7.69. The maximum absolute atomic E-state index is 13.1. The van der Waals surface area contributed by atoms with E-state index in [9.17, 15) is 18.0 Å². The van der Waals surface area contributed by atoms with Crippen molar-refractivity contribution in [1.29, 1.82) is 0 Å². The quantitative estimate of drug-likeness (QED) is 0.615. The lowest BCUT2D eigenvalue weighted by Crippen LogP contribution is -2.35. The monoisotopic (exact) mass is 326 g/mol. The molecule has 0 radical (unpaired) electrons. The van der Waals surface area contributed by atoms with Gasteiger partial charge in [0.2, 0.25) is 5.91 Å². The van der Waals surface area contributed by atoms with E-state index in [0.717, 1.165) is 12.5 Å². The van der Waals surface area contributed by atoms with Crippen LogP contribution in [0.1, 0.15) is 30.4 Å². The van der Waals surface area contributed by atoms with Gasteiger partial charge in [0.05, 0.1) is 5.56 Å². The van der Waals surface area contributed by atoms with Crippen molar-refractivity contribution in [3.63, 3.8) is 0 Å². The Hall–Kier alpha value is -1.82. The molecular formula is C17H21F3N2O. The molecule has 1 atom stereocenters. The van der Waals surface area contributed by atoms with Crippen molar-refractivity contribution in [3.8, 4) is 0 Å². The van der Waals surface area contributed by atoms with Crippen molar-refractivity contribution in [3.05, 3.63) is 48.0 Å². The summed E-state index contributed by atoms with van der Waals surface area (Å²) in [5, 5.41) is 3.16. The molecule has 126 valence electrons. The Labute approximate surface area is 134 Å². The molecule has 0 bridgehead atoms. The molecule has 23 heavy (non-hydrogen) atoms. The largest absolute Gasteiger partial charge is 0.416 e. The first kappa shape index (κ1) is 17.5. The van der Waals surface area contributed by atoms with Crippen LogP contribution in [0.15, 0.2) is 36.9 Å². The molecule has 2 rings (SSSR count). The zero-order valence-corrected chi connectivity index (χ0v) is 12.9. The van der Waals surface area contributed by atoms with E-state index >= 15 is 0 Å². The zero-order valence-electron chi connectivity index (χ0n) is 12.9. The minimum Gasteiger partial charge on any atom is -0.335 e. The van der Waals surface area contributed by atoms with E-state index in [-0.39, 0.29) is 24.1 Å². The van der Waals surface area contributed by atoms with E-state index in [2.05, 4.69) is 11.9 Å². The number of hydrogen-bond acceptors (Lipinski definition) is 2. The molecule has 6 heteroatoms. The highest BCUT2D eigenvalue weighted by atomic mass is 19.4. The fraction of sp³-hybridized carbons (Fsp3) is 0.471. The van der Waals surface area contributed by atoms with Crippen LogP contribution in [0.5, 0.6) is 0 Å². The minimum atomic E-state index is -4.40. The third-order valence-corrected chi connectivity index (χ3v) is 4.06. The van der Waals surface area contributed by atoms with Crippen molar-refractivity contribution >= 4 is 5.91 Å². The fourth-order valence-electron chi connectivity index (χ4n) is 2.90. The van der Waals surface area contributed by atoms with E-state index in [1.807, 2.05) is 0 Å². The Bertz CT molecular complexity index is 557. The van der Waals surface area contributed by atoms with E-state index in [0.29, 0.717) is 25.9 Å². The molecule has 1 fully saturated rings. The Balaban J connectivity index is 2.08. The molecule has 1 amide bonds. The Morgan fingerprint density at radius 1 is 1.35 bits per heavy atom. The summed E-state index contributed by atoms with van der Waals surface area (Å²) >= 11 is 0. The molecule has 1 aliphatic rings. The highest BCUT2D eigenvalue weighted by Gasteiger charge is 2.36. The second-order valence-electron chi connectivity index (χ2n) is 5.65. The Morgan fingerprint density at radius 3 is 2.78 bits per heavy atom. The van der Waals surface area contributed by atoms with E-state index < -0.39 is 11.7 Å². The smallest absolute Gasteiger partial charge is 0.335 e. The molecule has 1 aromatic rings. The summed E-state index contributed by atoms with van der Waals surface area (Å²) in [7, 11) is 0. The molecule has 1 aliphatic heterocycles. The molecule has 1 heterocycles. The summed E-state index contributed by atoms with van der Waals surface area (Å²) in [4.78, 5) is 13.6. The van der Waals surface area contributed by atoms with Gasteiger partial charge in [-0.3, -0.25) is 4.79 Å². The summed E-state index contributed by atoms with van der Waals surface area (Å²) in [6.45, 7) is 5.01. The molecule has 0 aliphatic carbocycles. The van der Waals surface area contributed by atoms with Gasteiger partial charge in [0.1, 0.15) is 0 Å². The van der Waals surface area contributed by atoms with Crippen LogP contribution in [0, 0.1) is 0 Å². The lowest BCUT2D eigenvalue weighted by atomic mass is 10.1. The second-order valence-corrected chi connectivity index (χ2v) is 5.65. The molecule has 1 N–H and O–H groups in total. The van der Waals surface area contributed by atoms with Crippen LogP contribution >= 0.6 is 0 Å². The summed E-state index contributed by atoms with van der Waals surface area (Å²) in [5.41, 5.74) is -0.512. The number of carbonyl (C=O) groups excluding carboxylic acids is 1. The van der Waals surface area contributed by atoms with Gasteiger partial charge in [0, 0.05) is 25.6 Å². The molecule has 0 spiro atoms. The second kappa shape index (κ2) is 7.64. The first-order valence-corrected chi connectivity index (χ1v) is 7.69. The number of halogens is 3. The number of hydrogen-bond donors (Lipinski definition) is 1. The third kappa shape index (κ3) is 4.58. The van der Waals surface area contributed by atoms with Gasteiger partial charge in [-0.2, -0.15) is 13.2 Å². The van der Waals surface area contributed by atoms with Crippen molar-refractivity contribution in [2.75, 3.05) is 13.1 Å². The number of amides is 1. The van der Waals surface area contributed by atoms with Gasteiger partial charge in [0.15, 0.2) is 0 Å². The standard InChI is InChI=1S/C17H21F3N2O/c1-2-10-21-11-9-14-7-8-16(23)22(14)12-13-5-3-4-6-15(13)17(18,19)20/h2-6,14,21H,1,7-12H2/t14-/m1/s1. The molecular weight excluding hydrogens is 305 g/mol. The predicted octanol–water partition coefficient (Wildman–Crippen LogP) is 3.36. The summed E-state index contributed by atoms with van der Waals surface area (Å²) in [6.07, 6.45) is -0.825. The third-order valence-electron chi connectivity index (χ3n) is 4.06. The van der Waals surface area contributed by atoms with Crippen LogP contribution in [-0.4, -0.2) is 29.9 Å². The Morgan fingerprint density at radius 2 is 2.09 bits per heavy atom. The minimum absolute atomic E-state index is 0.0129. The maximum Gasteiger partial charge on any atom is 0.416 e. The number of alkyl halides is 3. The van der Waals surface area contributed by atoms with Crippen LogP contribution in [0.2, 0.25) is 0 Å². The topological polar surface area (TPSA) is 32.3 Å².